The Labute approximate surface area is 216 Å². The summed E-state index contributed by atoms with van der Waals surface area (Å²) in [6, 6.07) is 5.00. The van der Waals surface area contributed by atoms with E-state index >= 15 is 0 Å². The summed E-state index contributed by atoms with van der Waals surface area (Å²) < 4.78 is 5.78. The van der Waals surface area contributed by atoms with Crippen LogP contribution in [-0.2, 0) is 25.7 Å². The van der Waals surface area contributed by atoms with Crippen molar-refractivity contribution in [1.29, 1.82) is 0 Å². The molecule has 1 aromatic carbocycles. The third-order valence-electron chi connectivity index (χ3n) is 5.27. The van der Waals surface area contributed by atoms with Crippen molar-refractivity contribution in [3.63, 3.8) is 0 Å². The second-order valence-corrected chi connectivity index (χ2v) is 11.1. The summed E-state index contributed by atoms with van der Waals surface area (Å²) in [5.41, 5.74) is 9.66. The van der Waals surface area contributed by atoms with E-state index in [1.807, 2.05) is 17.5 Å². The number of thioether (sulfide) groups is 2. The fraction of sp³-hybridized carbons (Fsp3) is 0.429. The molecule has 0 aliphatic carbocycles. The van der Waals surface area contributed by atoms with Gasteiger partial charge >= 0.3 is 0 Å². The van der Waals surface area contributed by atoms with Gasteiger partial charge in [-0.2, -0.15) is 0 Å². The molecule has 4 rings (SSSR count). The molecular weight excluding hydrogens is 521 g/mol. The summed E-state index contributed by atoms with van der Waals surface area (Å²) in [5, 5.41) is 9.21. The van der Waals surface area contributed by atoms with E-state index < -0.39 is 11.9 Å². The van der Waals surface area contributed by atoms with E-state index in [0.29, 0.717) is 34.7 Å². The summed E-state index contributed by atoms with van der Waals surface area (Å²) in [4.78, 5) is 31.2. The van der Waals surface area contributed by atoms with Crippen molar-refractivity contribution in [3.8, 4) is 0 Å². The molecule has 13 heteroatoms. The zero-order valence-electron chi connectivity index (χ0n) is 18.1. The van der Waals surface area contributed by atoms with Crippen LogP contribution in [0, 0.1) is 0 Å². The molecule has 2 unspecified atom stereocenters. The van der Waals surface area contributed by atoms with Crippen LogP contribution in [0.5, 0.6) is 0 Å². The number of morpholine rings is 1. The summed E-state index contributed by atoms with van der Waals surface area (Å²) in [6.45, 7) is 3.34. The molecule has 0 aromatic heterocycles. The lowest BCUT2D eigenvalue weighted by atomic mass is 10.2. The Morgan fingerprint density at radius 1 is 1.32 bits per heavy atom. The molecule has 0 saturated carbocycles. The van der Waals surface area contributed by atoms with Crippen molar-refractivity contribution in [3.05, 3.63) is 56.7 Å². The molecular formula is C21H25Cl2N5O4S2. The van der Waals surface area contributed by atoms with Gasteiger partial charge in [-0.15, -0.1) is 17.2 Å². The smallest absolute Gasteiger partial charge is 0.242 e. The Morgan fingerprint density at radius 3 is 2.94 bits per heavy atom. The molecule has 3 heterocycles. The quantitative estimate of drug-likeness (QED) is 0.368. The largest absolute Gasteiger partial charge is 0.406 e. The number of nitrogens with one attached hydrogen (secondary N) is 3. The number of halogens is 2. The molecule has 0 bridgehead atoms. The molecule has 1 saturated heterocycles. The first kappa shape index (κ1) is 25.5. The first-order valence-electron chi connectivity index (χ1n) is 10.6. The Kier molecular flexibility index (Phi) is 8.92. The van der Waals surface area contributed by atoms with Crippen LogP contribution in [-0.4, -0.2) is 65.6 Å². The number of carbonyl (C=O) groups is 2. The number of hydroxylamine groups is 1. The van der Waals surface area contributed by atoms with Crippen molar-refractivity contribution < 1.29 is 19.2 Å². The summed E-state index contributed by atoms with van der Waals surface area (Å²) in [6.07, 6.45) is 1.55. The molecule has 9 nitrogen and oxygen atoms in total. The number of ether oxygens (including phenoxy) is 1. The molecule has 0 radical (unpaired) electrons. The maximum absolute atomic E-state index is 12.4. The van der Waals surface area contributed by atoms with E-state index in [4.69, 9.17) is 38.5 Å². The molecule has 1 aromatic rings. The number of hydrogen-bond acceptors (Lipinski definition) is 9. The lowest BCUT2D eigenvalue weighted by molar-refractivity contribution is -0.121. The van der Waals surface area contributed by atoms with Gasteiger partial charge in [0.1, 0.15) is 10.7 Å². The van der Waals surface area contributed by atoms with Crippen LogP contribution in [0.25, 0.3) is 0 Å². The molecule has 0 spiro atoms. The lowest BCUT2D eigenvalue weighted by Gasteiger charge is -2.33. The number of amides is 2. The monoisotopic (exact) mass is 545 g/mol. The average molecular weight is 547 g/mol. The molecule has 34 heavy (non-hydrogen) atoms. The maximum Gasteiger partial charge on any atom is 0.242 e. The van der Waals surface area contributed by atoms with E-state index in [0.717, 1.165) is 30.9 Å². The number of nitrogens with zero attached hydrogens (tertiary/aromatic N) is 1. The van der Waals surface area contributed by atoms with Crippen LogP contribution in [0.3, 0.4) is 0 Å². The number of hydrogen-bond donors (Lipinski definition) is 4. The highest BCUT2D eigenvalue weighted by Gasteiger charge is 2.28. The molecule has 3 aliphatic heterocycles. The first-order chi connectivity index (χ1) is 16.4. The third-order valence-corrected chi connectivity index (χ3v) is 8.34. The second-order valence-electron chi connectivity index (χ2n) is 7.87. The highest BCUT2D eigenvalue weighted by Crippen LogP contribution is 2.33. The number of primary amides is 1. The number of nitrogens with two attached hydrogens (primary N) is 1. The van der Waals surface area contributed by atoms with Crippen LogP contribution in [0.1, 0.15) is 5.56 Å². The summed E-state index contributed by atoms with van der Waals surface area (Å²) in [5.74, 6) is 0.248. The van der Waals surface area contributed by atoms with E-state index in [2.05, 4.69) is 21.0 Å². The van der Waals surface area contributed by atoms with E-state index in [-0.39, 0.29) is 16.7 Å². The summed E-state index contributed by atoms with van der Waals surface area (Å²) >= 11 is 15.1. The van der Waals surface area contributed by atoms with Gasteiger partial charge in [0.2, 0.25) is 11.8 Å². The van der Waals surface area contributed by atoms with Crippen molar-refractivity contribution >= 4 is 58.5 Å². The minimum atomic E-state index is -0.651. The zero-order chi connectivity index (χ0) is 24.1. The van der Waals surface area contributed by atoms with Gasteiger partial charge in [0.05, 0.1) is 34.2 Å². The molecule has 3 atom stereocenters. The number of rotatable bonds is 9. The standard InChI is InChI=1S/C21H25Cl2N5O4S2/c22-14-2-1-12(5-15(14)23)8-28-3-4-31-13(9-28)7-25-19(29)11-34-21-26-17(10-33-21)18-6-16(20(24)30)27-32-18/h1-2,5-6,10,13,16,21,26-27H,3-4,7-9,11H2,(H2,24,30)(H,25,29)/t13-,16?,21?/m0/s1. The van der Waals surface area contributed by atoms with Crippen molar-refractivity contribution in [1.82, 2.24) is 21.0 Å². The van der Waals surface area contributed by atoms with Gasteiger partial charge in [-0.3, -0.25) is 14.5 Å². The van der Waals surface area contributed by atoms with Crippen molar-refractivity contribution in [2.24, 2.45) is 5.73 Å². The van der Waals surface area contributed by atoms with Crippen LogP contribution >= 0.6 is 46.7 Å². The normalized spacial score (nSPS) is 24.7. The van der Waals surface area contributed by atoms with Crippen LogP contribution < -0.4 is 21.8 Å². The Balaban J connectivity index is 1.14. The van der Waals surface area contributed by atoms with Crippen LogP contribution in [0.2, 0.25) is 10.0 Å². The first-order valence-corrected chi connectivity index (χ1v) is 13.3. The van der Waals surface area contributed by atoms with Gasteiger partial charge in [-0.1, -0.05) is 41.0 Å². The van der Waals surface area contributed by atoms with Crippen LogP contribution in [0.4, 0.5) is 0 Å². The van der Waals surface area contributed by atoms with Crippen molar-refractivity contribution in [2.45, 2.75) is 23.4 Å². The maximum atomic E-state index is 12.4. The SMILES string of the molecule is NC(=O)C1C=C(C2=CSC(SCC(=O)NC[C@H]3CN(Cc4ccc(Cl)c(Cl)c4)CCO3)N2)ON1. The molecule has 2 amide bonds. The van der Waals surface area contributed by atoms with Gasteiger partial charge in [0, 0.05) is 31.6 Å². The van der Waals surface area contributed by atoms with Crippen molar-refractivity contribution in [2.75, 3.05) is 32.0 Å². The predicted octanol–water partition coefficient (Wildman–Crippen LogP) is 1.78. The highest BCUT2D eigenvalue weighted by atomic mass is 35.5. The fourth-order valence-corrected chi connectivity index (χ4v) is 5.80. The fourth-order valence-electron chi connectivity index (χ4n) is 3.54. The van der Waals surface area contributed by atoms with Crippen LogP contribution in [0.15, 0.2) is 41.1 Å². The van der Waals surface area contributed by atoms with Gasteiger partial charge in [-0.05, 0) is 23.8 Å². The Bertz CT molecular complexity index is 996. The minimum Gasteiger partial charge on any atom is -0.406 e. The highest BCUT2D eigenvalue weighted by molar-refractivity contribution is 8.18. The topological polar surface area (TPSA) is 118 Å². The van der Waals surface area contributed by atoms with E-state index in [9.17, 15) is 9.59 Å². The molecule has 1 fully saturated rings. The Hall–Kier alpha value is -1.60. The molecule has 5 N–H and O–H groups in total. The lowest BCUT2D eigenvalue weighted by Crippen LogP contribution is -2.47. The zero-order valence-corrected chi connectivity index (χ0v) is 21.2. The number of carbonyl (C=O) groups excluding carboxylic acids is 2. The Morgan fingerprint density at radius 2 is 2.18 bits per heavy atom. The summed E-state index contributed by atoms with van der Waals surface area (Å²) in [7, 11) is 0. The van der Waals surface area contributed by atoms with E-state index in [1.165, 1.54) is 23.5 Å². The number of benzene rings is 1. The third kappa shape index (κ3) is 6.97. The average Bonchev–Trinajstić information content (AvgIpc) is 3.49. The second kappa shape index (κ2) is 11.9. The van der Waals surface area contributed by atoms with Gasteiger partial charge < -0.3 is 25.9 Å². The molecule has 3 aliphatic rings. The van der Waals surface area contributed by atoms with E-state index in [1.54, 1.807) is 12.1 Å². The van der Waals surface area contributed by atoms with Gasteiger partial charge in [-0.25, -0.2) is 0 Å². The van der Waals surface area contributed by atoms with Gasteiger partial charge in [0.15, 0.2) is 5.76 Å². The minimum absolute atomic E-state index is 0.0366. The molecule has 184 valence electrons. The predicted molar refractivity (Wildman–Crippen MR) is 135 cm³/mol. The van der Waals surface area contributed by atoms with Gasteiger partial charge in [0.25, 0.3) is 0 Å².